The Bertz CT molecular complexity index is 581. The van der Waals surface area contributed by atoms with E-state index in [1.807, 2.05) is 24.3 Å². The molecule has 1 aliphatic rings. The third-order valence-electron chi connectivity index (χ3n) is 3.88. The standard InChI is InChI=1S/C16H18FNS/c1-10-5-6-13(17)7-12(10)8-14(18)16-9-11-3-2-4-15(11)19-16/h5-7,9,14H,2-4,8,18H2,1H3. The summed E-state index contributed by atoms with van der Waals surface area (Å²) < 4.78 is 13.3. The fourth-order valence-corrected chi connectivity index (χ4v) is 3.99. The van der Waals surface area contributed by atoms with Gasteiger partial charge in [-0.25, -0.2) is 4.39 Å². The van der Waals surface area contributed by atoms with Gasteiger partial charge in [-0.2, -0.15) is 0 Å². The molecule has 1 unspecified atom stereocenters. The Hall–Kier alpha value is -1.19. The van der Waals surface area contributed by atoms with Crippen LogP contribution in [0.3, 0.4) is 0 Å². The van der Waals surface area contributed by atoms with E-state index in [0.717, 1.165) is 11.1 Å². The molecule has 2 N–H and O–H groups in total. The van der Waals surface area contributed by atoms with Crippen LogP contribution in [0.4, 0.5) is 4.39 Å². The second kappa shape index (κ2) is 5.06. The highest BCUT2D eigenvalue weighted by Gasteiger charge is 2.18. The van der Waals surface area contributed by atoms with Crippen molar-refractivity contribution in [2.75, 3.05) is 0 Å². The van der Waals surface area contributed by atoms with Crippen molar-refractivity contribution in [3.05, 3.63) is 56.5 Å². The first-order valence-corrected chi connectivity index (χ1v) is 7.57. The maximum atomic E-state index is 13.3. The van der Waals surface area contributed by atoms with Crippen LogP contribution in [0.5, 0.6) is 0 Å². The minimum atomic E-state index is -0.179. The second-order valence-corrected chi connectivity index (χ2v) is 6.50. The number of fused-ring (bicyclic) bond motifs is 1. The summed E-state index contributed by atoms with van der Waals surface area (Å²) in [4.78, 5) is 2.75. The van der Waals surface area contributed by atoms with E-state index in [1.165, 1.54) is 40.6 Å². The van der Waals surface area contributed by atoms with Crippen molar-refractivity contribution < 1.29 is 4.39 Å². The number of rotatable bonds is 3. The van der Waals surface area contributed by atoms with Gasteiger partial charge in [0.2, 0.25) is 0 Å². The summed E-state index contributed by atoms with van der Waals surface area (Å²) in [6.45, 7) is 2.01. The van der Waals surface area contributed by atoms with Gasteiger partial charge in [0.15, 0.2) is 0 Å². The average molecular weight is 275 g/mol. The summed E-state index contributed by atoms with van der Waals surface area (Å²) >= 11 is 1.84. The van der Waals surface area contributed by atoms with Crippen molar-refractivity contribution in [3.8, 4) is 0 Å². The Morgan fingerprint density at radius 3 is 2.95 bits per heavy atom. The third kappa shape index (κ3) is 2.58. The summed E-state index contributed by atoms with van der Waals surface area (Å²) in [5.41, 5.74) is 9.90. The van der Waals surface area contributed by atoms with Crippen molar-refractivity contribution in [2.24, 2.45) is 5.73 Å². The van der Waals surface area contributed by atoms with Crippen molar-refractivity contribution in [2.45, 2.75) is 38.6 Å². The lowest BCUT2D eigenvalue weighted by atomic mass is 10.0. The van der Waals surface area contributed by atoms with E-state index in [0.29, 0.717) is 6.42 Å². The third-order valence-corrected chi connectivity index (χ3v) is 5.25. The molecule has 1 nitrogen and oxygen atoms in total. The molecule has 0 radical (unpaired) electrons. The molecule has 1 heterocycles. The SMILES string of the molecule is Cc1ccc(F)cc1CC(N)c1cc2c(s1)CCC2. The lowest BCUT2D eigenvalue weighted by Crippen LogP contribution is -2.12. The minimum absolute atomic E-state index is 0.0175. The van der Waals surface area contributed by atoms with E-state index in [1.54, 1.807) is 6.07 Å². The molecule has 1 atom stereocenters. The average Bonchev–Trinajstić information content (AvgIpc) is 2.94. The molecule has 0 aliphatic heterocycles. The molecule has 100 valence electrons. The van der Waals surface area contributed by atoms with Gasteiger partial charge in [-0.15, -0.1) is 11.3 Å². The maximum Gasteiger partial charge on any atom is 0.123 e. The topological polar surface area (TPSA) is 26.0 Å². The fourth-order valence-electron chi connectivity index (χ4n) is 2.73. The number of aryl methyl sites for hydroxylation is 3. The lowest BCUT2D eigenvalue weighted by Gasteiger charge is -2.12. The van der Waals surface area contributed by atoms with E-state index < -0.39 is 0 Å². The van der Waals surface area contributed by atoms with Crippen LogP contribution in [-0.2, 0) is 19.3 Å². The highest BCUT2D eigenvalue weighted by molar-refractivity contribution is 7.12. The van der Waals surface area contributed by atoms with Gasteiger partial charge in [0.1, 0.15) is 5.82 Å². The Morgan fingerprint density at radius 2 is 2.16 bits per heavy atom. The lowest BCUT2D eigenvalue weighted by molar-refractivity contribution is 0.621. The first kappa shape index (κ1) is 12.8. The number of halogens is 1. The molecule has 3 rings (SSSR count). The number of hydrogen-bond acceptors (Lipinski definition) is 2. The smallest absolute Gasteiger partial charge is 0.123 e. The number of nitrogens with two attached hydrogens (primary N) is 1. The zero-order valence-corrected chi connectivity index (χ0v) is 11.9. The van der Waals surface area contributed by atoms with Crippen LogP contribution in [-0.4, -0.2) is 0 Å². The molecule has 0 spiro atoms. The van der Waals surface area contributed by atoms with Crippen molar-refractivity contribution >= 4 is 11.3 Å². The van der Waals surface area contributed by atoms with Gasteiger partial charge in [-0.05, 0) is 67.5 Å². The van der Waals surface area contributed by atoms with Gasteiger partial charge in [0.05, 0.1) is 0 Å². The van der Waals surface area contributed by atoms with Gasteiger partial charge >= 0.3 is 0 Å². The predicted octanol–water partition coefficient (Wildman–Crippen LogP) is 3.93. The largest absolute Gasteiger partial charge is 0.323 e. The molecule has 1 aromatic carbocycles. The van der Waals surface area contributed by atoms with Crippen molar-refractivity contribution in [1.29, 1.82) is 0 Å². The summed E-state index contributed by atoms with van der Waals surface area (Å²) in [7, 11) is 0. The number of benzene rings is 1. The van der Waals surface area contributed by atoms with Gasteiger partial charge in [-0.3, -0.25) is 0 Å². The first-order valence-electron chi connectivity index (χ1n) is 6.75. The molecule has 1 aliphatic carbocycles. The van der Waals surface area contributed by atoms with Crippen molar-refractivity contribution in [1.82, 2.24) is 0 Å². The second-order valence-electron chi connectivity index (χ2n) is 5.33. The van der Waals surface area contributed by atoms with Crippen LogP contribution in [0.25, 0.3) is 0 Å². The Balaban J connectivity index is 1.80. The van der Waals surface area contributed by atoms with Gasteiger partial charge in [0, 0.05) is 15.8 Å². The van der Waals surface area contributed by atoms with E-state index in [-0.39, 0.29) is 11.9 Å². The van der Waals surface area contributed by atoms with E-state index >= 15 is 0 Å². The van der Waals surface area contributed by atoms with Crippen molar-refractivity contribution in [3.63, 3.8) is 0 Å². The van der Waals surface area contributed by atoms with Crippen LogP contribution < -0.4 is 5.73 Å². The summed E-state index contributed by atoms with van der Waals surface area (Å²) in [6.07, 6.45) is 4.38. The maximum absolute atomic E-state index is 13.3. The van der Waals surface area contributed by atoms with Crippen LogP contribution in [0.15, 0.2) is 24.3 Å². The zero-order chi connectivity index (χ0) is 13.4. The molecule has 0 fully saturated rings. The summed E-state index contributed by atoms with van der Waals surface area (Å²) in [5.74, 6) is -0.179. The highest BCUT2D eigenvalue weighted by Crippen LogP contribution is 2.34. The Kier molecular flexibility index (Phi) is 3.42. The van der Waals surface area contributed by atoms with Crippen LogP contribution in [0, 0.1) is 12.7 Å². The molecule has 0 saturated heterocycles. The van der Waals surface area contributed by atoms with E-state index in [2.05, 4.69) is 6.07 Å². The highest BCUT2D eigenvalue weighted by atomic mass is 32.1. The van der Waals surface area contributed by atoms with Crippen LogP contribution in [0.2, 0.25) is 0 Å². The van der Waals surface area contributed by atoms with E-state index in [9.17, 15) is 4.39 Å². The summed E-state index contributed by atoms with van der Waals surface area (Å²) in [5, 5.41) is 0. The first-order chi connectivity index (χ1) is 9.13. The fraction of sp³-hybridized carbons (Fsp3) is 0.375. The summed E-state index contributed by atoms with van der Waals surface area (Å²) in [6, 6.07) is 7.18. The number of hydrogen-bond donors (Lipinski definition) is 1. The molecule has 3 heteroatoms. The van der Waals surface area contributed by atoms with Crippen LogP contribution >= 0.6 is 11.3 Å². The van der Waals surface area contributed by atoms with Gasteiger partial charge < -0.3 is 5.73 Å². The monoisotopic (exact) mass is 275 g/mol. The van der Waals surface area contributed by atoms with Gasteiger partial charge in [0.25, 0.3) is 0 Å². The minimum Gasteiger partial charge on any atom is -0.323 e. The van der Waals surface area contributed by atoms with Crippen LogP contribution in [0.1, 0.15) is 38.9 Å². The zero-order valence-electron chi connectivity index (χ0n) is 11.1. The normalized spacial score (nSPS) is 15.5. The number of thiophene rings is 1. The molecule has 0 saturated carbocycles. The quantitative estimate of drug-likeness (QED) is 0.902. The molecule has 1 aromatic heterocycles. The molecule has 0 amide bonds. The molecule has 2 aromatic rings. The molecule has 19 heavy (non-hydrogen) atoms. The molecule has 0 bridgehead atoms. The predicted molar refractivity (Wildman–Crippen MR) is 78.1 cm³/mol. The van der Waals surface area contributed by atoms with Gasteiger partial charge in [-0.1, -0.05) is 6.07 Å². The molecular weight excluding hydrogens is 257 g/mol. The van der Waals surface area contributed by atoms with E-state index in [4.69, 9.17) is 5.73 Å². The molecular formula is C16H18FNS. The Labute approximate surface area is 117 Å². The Morgan fingerprint density at radius 1 is 1.32 bits per heavy atom.